The normalized spacial score (nSPS) is 16.3. The Balaban J connectivity index is 1.70. The number of benzene rings is 1. The predicted molar refractivity (Wildman–Crippen MR) is 79.4 cm³/mol. The maximum absolute atomic E-state index is 13.8. The topological polar surface area (TPSA) is 78.4 Å². The van der Waals surface area contributed by atoms with Gasteiger partial charge in [-0.2, -0.15) is 8.78 Å². The van der Waals surface area contributed by atoms with Crippen LogP contribution in [0, 0.1) is 0 Å². The molecule has 0 spiro atoms. The molecule has 23 heavy (non-hydrogen) atoms. The summed E-state index contributed by atoms with van der Waals surface area (Å²) in [5, 5.41) is 9.62. The fourth-order valence-corrected chi connectivity index (χ4v) is 2.40. The molecular formula is C16H20F2N2O3. The molecule has 0 atom stereocenters. The largest absolute Gasteiger partial charge is 0.383 e. The van der Waals surface area contributed by atoms with E-state index in [1.165, 1.54) is 0 Å². The molecule has 1 aromatic carbocycles. The van der Waals surface area contributed by atoms with Crippen molar-refractivity contribution in [3.8, 4) is 0 Å². The third-order valence-electron chi connectivity index (χ3n) is 4.08. The number of aryl methyl sites for hydroxylation is 1. The number of hydrogen-bond acceptors (Lipinski definition) is 3. The van der Waals surface area contributed by atoms with E-state index < -0.39 is 23.3 Å². The van der Waals surface area contributed by atoms with Gasteiger partial charge in [0, 0.05) is 6.42 Å². The summed E-state index contributed by atoms with van der Waals surface area (Å²) in [6.45, 7) is 0. The van der Waals surface area contributed by atoms with E-state index in [4.69, 9.17) is 0 Å². The molecular weight excluding hydrogens is 306 g/mol. The summed E-state index contributed by atoms with van der Waals surface area (Å²) in [7, 11) is 0. The minimum atomic E-state index is -3.91. The Morgan fingerprint density at radius 2 is 1.83 bits per heavy atom. The van der Waals surface area contributed by atoms with Crippen molar-refractivity contribution < 1.29 is 23.5 Å². The van der Waals surface area contributed by atoms with Crippen LogP contribution in [0.1, 0.15) is 37.7 Å². The molecule has 3 N–H and O–H groups in total. The van der Waals surface area contributed by atoms with Crippen LogP contribution in [-0.2, 0) is 16.0 Å². The second-order valence-corrected chi connectivity index (χ2v) is 5.80. The molecule has 2 amide bonds. The number of carbonyl (C=O) groups is 2. The lowest BCUT2D eigenvalue weighted by molar-refractivity contribution is -0.216. The zero-order chi connectivity index (χ0) is 16.9. The van der Waals surface area contributed by atoms with Crippen LogP contribution in [0.2, 0.25) is 0 Å². The SMILES string of the molecule is O=C(CCCc1ccccc1)NNC(=O)C(F)(F)C1(O)CCC1. The van der Waals surface area contributed by atoms with Gasteiger partial charge < -0.3 is 5.11 Å². The number of hydrogen-bond donors (Lipinski definition) is 3. The molecule has 0 saturated heterocycles. The summed E-state index contributed by atoms with van der Waals surface area (Å²) in [5.41, 5.74) is 2.44. The molecule has 0 aromatic heterocycles. The van der Waals surface area contributed by atoms with Crippen LogP contribution >= 0.6 is 0 Å². The Labute approximate surface area is 133 Å². The first-order valence-corrected chi connectivity index (χ1v) is 7.58. The molecule has 1 saturated carbocycles. The van der Waals surface area contributed by atoms with Gasteiger partial charge in [0.15, 0.2) is 0 Å². The minimum Gasteiger partial charge on any atom is -0.383 e. The quantitative estimate of drug-likeness (QED) is 0.696. The van der Waals surface area contributed by atoms with Crippen molar-refractivity contribution in [1.29, 1.82) is 0 Å². The molecule has 5 nitrogen and oxygen atoms in total. The highest BCUT2D eigenvalue weighted by Gasteiger charge is 2.61. The van der Waals surface area contributed by atoms with E-state index in [0.29, 0.717) is 19.3 Å². The van der Waals surface area contributed by atoms with E-state index in [-0.39, 0.29) is 19.3 Å². The van der Waals surface area contributed by atoms with Crippen LogP contribution in [-0.4, -0.2) is 28.4 Å². The summed E-state index contributed by atoms with van der Waals surface area (Å²) in [4.78, 5) is 23.0. The minimum absolute atomic E-state index is 0.102. The standard InChI is InChI=1S/C16H20F2N2O3/c17-16(18,15(23)10-5-11-15)14(22)20-19-13(21)9-4-8-12-6-2-1-3-7-12/h1-3,6-7,23H,4-5,8-11H2,(H,19,21)(H,20,22). The third-order valence-corrected chi connectivity index (χ3v) is 4.08. The molecule has 0 bridgehead atoms. The van der Waals surface area contributed by atoms with Gasteiger partial charge >= 0.3 is 11.8 Å². The summed E-state index contributed by atoms with van der Waals surface area (Å²) >= 11 is 0. The van der Waals surface area contributed by atoms with Crippen LogP contribution < -0.4 is 10.9 Å². The van der Waals surface area contributed by atoms with Gasteiger partial charge in [-0.3, -0.25) is 20.4 Å². The molecule has 7 heteroatoms. The van der Waals surface area contributed by atoms with Gasteiger partial charge in [0.25, 0.3) is 0 Å². The van der Waals surface area contributed by atoms with Crippen molar-refractivity contribution >= 4 is 11.8 Å². The maximum Gasteiger partial charge on any atom is 0.354 e. The Hall–Kier alpha value is -2.02. The summed E-state index contributed by atoms with van der Waals surface area (Å²) in [6, 6.07) is 9.53. The Morgan fingerprint density at radius 1 is 1.17 bits per heavy atom. The van der Waals surface area contributed by atoms with E-state index in [9.17, 15) is 23.5 Å². The van der Waals surface area contributed by atoms with E-state index >= 15 is 0 Å². The molecule has 1 aliphatic carbocycles. The zero-order valence-electron chi connectivity index (χ0n) is 12.6. The van der Waals surface area contributed by atoms with Crippen LogP contribution in [0.4, 0.5) is 8.78 Å². The average Bonchev–Trinajstić information content (AvgIpc) is 2.51. The van der Waals surface area contributed by atoms with Gasteiger partial charge in [0.1, 0.15) is 5.60 Å². The van der Waals surface area contributed by atoms with E-state index in [1.54, 1.807) is 5.43 Å². The van der Waals surface area contributed by atoms with Crippen LogP contribution in [0.5, 0.6) is 0 Å². The molecule has 2 rings (SSSR count). The molecule has 1 fully saturated rings. The maximum atomic E-state index is 13.8. The fourth-order valence-electron chi connectivity index (χ4n) is 2.40. The van der Waals surface area contributed by atoms with Gasteiger partial charge in [0.05, 0.1) is 0 Å². The number of alkyl halides is 2. The predicted octanol–water partition coefficient (Wildman–Crippen LogP) is 1.71. The van der Waals surface area contributed by atoms with Crippen molar-refractivity contribution in [2.24, 2.45) is 0 Å². The number of rotatable bonds is 6. The molecule has 0 heterocycles. The van der Waals surface area contributed by atoms with Crippen molar-refractivity contribution in [2.75, 3.05) is 0 Å². The number of aliphatic hydroxyl groups is 1. The lowest BCUT2D eigenvalue weighted by atomic mass is 9.75. The van der Waals surface area contributed by atoms with Crippen LogP contribution in [0.15, 0.2) is 30.3 Å². The summed E-state index contributed by atoms with van der Waals surface area (Å²) in [5.74, 6) is -6.15. The number of amides is 2. The summed E-state index contributed by atoms with van der Waals surface area (Å²) in [6.07, 6.45) is 1.51. The Bertz CT molecular complexity index is 560. The highest BCUT2D eigenvalue weighted by Crippen LogP contribution is 2.44. The number of halogens is 2. The van der Waals surface area contributed by atoms with E-state index in [1.807, 2.05) is 35.8 Å². The molecule has 0 aliphatic heterocycles. The van der Waals surface area contributed by atoms with Crippen molar-refractivity contribution in [2.45, 2.75) is 50.0 Å². The van der Waals surface area contributed by atoms with Gasteiger partial charge in [0.2, 0.25) is 5.91 Å². The zero-order valence-corrected chi connectivity index (χ0v) is 12.6. The summed E-state index contributed by atoms with van der Waals surface area (Å²) < 4.78 is 27.5. The van der Waals surface area contributed by atoms with Crippen LogP contribution in [0.3, 0.4) is 0 Å². The number of hydrazine groups is 1. The molecule has 0 radical (unpaired) electrons. The fraction of sp³-hybridized carbons (Fsp3) is 0.500. The smallest absolute Gasteiger partial charge is 0.354 e. The molecule has 126 valence electrons. The van der Waals surface area contributed by atoms with Crippen molar-refractivity contribution in [1.82, 2.24) is 10.9 Å². The van der Waals surface area contributed by atoms with Gasteiger partial charge in [-0.05, 0) is 37.7 Å². The first-order valence-electron chi connectivity index (χ1n) is 7.58. The van der Waals surface area contributed by atoms with E-state index in [0.717, 1.165) is 5.56 Å². The number of carbonyl (C=O) groups excluding carboxylic acids is 2. The Morgan fingerprint density at radius 3 is 2.39 bits per heavy atom. The van der Waals surface area contributed by atoms with Gasteiger partial charge in [-0.25, -0.2) is 0 Å². The average molecular weight is 326 g/mol. The van der Waals surface area contributed by atoms with Gasteiger partial charge in [-0.15, -0.1) is 0 Å². The lowest BCUT2D eigenvalue weighted by Crippen LogP contribution is -2.62. The first kappa shape index (κ1) is 17.3. The van der Waals surface area contributed by atoms with Gasteiger partial charge in [-0.1, -0.05) is 30.3 Å². The van der Waals surface area contributed by atoms with Crippen molar-refractivity contribution in [3.05, 3.63) is 35.9 Å². The first-order chi connectivity index (χ1) is 10.8. The third kappa shape index (κ3) is 4.04. The van der Waals surface area contributed by atoms with Crippen molar-refractivity contribution in [3.63, 3.8) is 0 Å². The van der Waals surface area contributed by atoms with Crippen LogP contribution in [0.25, 0.3) is 0 Å². The molecule has 1 aromatic rings. The highest BCUT2D eigenvalue weighted by atomic mass is 19.3. The lowest BCUT2D eigenvalue weighted by Gasteiger charge is -2.41. The second-order valence-electron chi connectivity index (χ2n) is 5.80. The molecule has 0 unspecified atom stereocenters. The second kappa shape index (κ2) is 7.04. The van der Waals surface area contributed by atoms with E-state index in [2.05, 4.69) is 0 Å². The highest BCUT2D eigenvalue weighted by molar-refractivity contribution is 5.87. The number of nitrogens with one attached hydrogen (secondary N) is 2. The molecule has 1 aliphatic rings. The Kier molecular flexibility index (Phi) is 5.30. The monoisotopic (exact) mass is 326 g/mol.